The van der Waals surface area contributed by atoms with Crippen LogP contribution in [0.1, 0.15) is 16.2 Å². The van der Waals surface area contributed by atoms with E-state index >= 15 is 0 Å². The van der Waals surface area contributed by atoms with E-state index in [0.717, 1.165) is 23.1 Å². The first kappa shape index (κ1) is 11.9. The van der Waals surface area contributed by atoms with Gasteiger partial charge in [-0.1, -0.05) is 6.07 Å². The van der Waals surface area contributed by atoms with Gasteiger partial charge >= 0.3 is 0 Å². The van der Waals surface area contributed by atoms with Crippen LogP contribution < -0.4 is 0 Å². The Labute approximate surface area is 100 Å². The van der Waals surface area contributed by atoms with Crippen molar-refractivity contribution in [3.8, 4) is 6.07 Å². The lowest BCUT2D eigenvalue weighted by molar-refractivity contribution is 0.0959. The molecule has 0 atom stereocenters. The summed E-state index contributed by atoms with van der Waals surface area (Å²) in [5, 5.41) is 12.1. The quantitative estimate of drug-likeness (QED) is 0.768. The molecule has 0 aliphatic heterocycles. The lowest BCUT2D eigenvalue weighted by Crippen LogP contribution is -2.14. The highest BCUT2D eigenvalue weighted by molar-refractivity contribution is 5.96. The van der Waals surface area contributed by atoms with Crippen LogP contribution in [-0.2, 0) is 6.54 Å². The zero-order chi connectivity index (χ0) is 13.1. The van der Waals surface area contributed by atoms with E-state index in [1.165, 1.54) is 6.07 Å². The molecule has 0 aliphatic carbocycles. The maximum atomic E-state index is 13.3. The number of hydrogen-bond donors (Lipinski definition) is 0. The van der Waals surface area contributed by atoms with E-state index in [9.17, 15) is 13.6 Å². The molecule has 0 saturated heterocycles. The van der Waals surface area contributed by atoms with E-state index in [1.807, 2.05) is 0 Å². The van der Waals surface area contributed by atoms with E-state index in [4.69, 9.17) is 5.26 Å². The van der Waals surface area contributed by atoms with Crippen LogP contribution in [0.4, 0.5) is 8.78 Å². The van der Waals surface area contributed by atoms with Crippen LogP contribution in [0.5, 0.6) is 0 Å². The molecule has 0 bridgehead atoms. The molecule has 0 amide bonds. The number of ketones is 1. The molecule has 2 aromatic rings. The fraction of sp³-hybridized carbons (Fsp3) is 0.0909. The van der Waals surface area contributed by atoms with E-state index in [2.05, 4.69) is 10.1 Å². The lowest BCUT2D eigenvalue weighted by atomic mass is 10.1. The Bertz CT molecular complexity index is 624. The summed E-state index contributed by atoms with van der Waals surface area (Å²) in [5.74, 6) is -2.75. The molecule has 0 unspecified atom stereocenters. The molecule has 0 N–H and O–H groups in total. The Morgan fingerprint density at radius 1 is 1.39 bits per heavy atom. The van der Waals surface area contributed by atoms with Crippen molar-refractivity contribution in [2.45, 2.75) is 6.54 Å². The van der Waals surface area contributed by atoms with Crippen molar-refractivity contribution in [3.63, 3.8) is 0 Å². The van der Waals surface area contributed by atoms with Crippen molar-refractivity contribution in [2.75, 3.05) is 0 Å². The summed E-state index contributed by atoms with van der Waals surface area (Å²) in [7, 11) is 0. The summed E-state index contributed by atoms with van der Waals surface area (Å²) in [6, 6.07) is 4.85. The van der Waals surface area contributed by atoms with Gasteiger partial charge in [0.2, 0.25) is 0 Å². The molecule has 0 fully saturated rings. The number of hydrogen-bond acceptors (Lipinski definition) is 4. The number of nitriles is 1. The minimum Gasteiger partial charge on any atom is -0.292 e. The number of carbonyl (C=O) groups is 1. The minimum absolute atomic E-state index is 0.114. The van der Waals surface area contributed by atoms with E-state index in [1.54, 1.807) is 6.07 Å². The molecule has 0 spiro atoms. The van der Waals surface area contributed by atoms with Gasteiger partial charge in [0.15, 0.2) is 5.78 Å². The van der Waals surface area contributed by atoms with Crippen molar-refractivity contribution in [1.82, 2.24) is 14.8 Å². The number of rotatable bonds is 3. The lowest BCUT2D eigenvalue weighted by Gasteiger charge is -2.03. The van der Waals surface area contributed by atoms with E-state index in [0.29, 0.717) is 0 Å². The van der Waals surface area contributed by atoms with Gasteiger partial charge in [0, 0.05) is 0 Å². The molecule has 0 aliphatic rings. The summed E-state index contributed by atoms with van der Waals surface area (Å²) in [6.07, 6.45) is 1.15. The monoisotopic (exact) mass is 248 g/mol. The molecule has 2 rings (SSSR count). The van der Waals surface area contributed by atoms with Crippen LogP contribution in [-0.4, -0.2) is 20.5 Å². The normalized spacial score (nSPS) is 10.1. The molecular formula is C11H6F2N4O. The number of halogens is 2. The first-order valence-electron chi connectivity index (χ1n) is 4.88. The first-order chi connectivity index (χ1) is 8.61. The second kappa shape index (κ2) is 4.71. The molecule has 18 heavy (non-hydrogen) atoms. The highest BCUT2D eigenvalue weighted by Crippen LogP contribution is 2.13. The fourth-order valence-electron chi connectivity index (χ4n) is 1.41. The highest BCUT2D eigenvalue weighted by Gasteiger charge is 2.17. The Balaban J connectivity index is 2.25. The van der Waals surface area contributed by atoms with Crippen LogP contribution in [0.15, 0.2) is 24.5 Å². The van der Waals surface area contributed by atoms with Crippen LogP contribution >= 0.6 is 0 Å². The van der Waals surface area contributed by atoms with Gasteiger partial charge in [-0.2, -0.15) is 5.26 Å². The van der Waals surface area contributed by atoms with Crippen LogP contribution in [0.25, 0.3) is 0 Å². The van der Waals surface area contributed by atoms with Crippen molar-refractivity contribution in [2.24, 2.45) is 0 Å². The molecule has 1 heterocycles. The number of aromatic nitrogens is 3. The SMILES string of the molecule is N#Cc1ncn(CC(=O)c2c(F)cccc2F)n1. The number of carbonyl (C=O) groups excluding carboxylic acids is 1. The number of benzene rings is 1. The van der Waals surface area contributed by atoms with Crippen molar-refractivity contribution < 1.29 is 13.6 Å². The molecule has 7 heteroatoms. The molecule has 1 aromatic heterocycles. The maximum absolute atomic E-state index is 13.3. The van der Waals surface area contributed by atoms with E-state index in [-0.39, 0.29) is 12.4 Å². The zero-order valence-electron chi connectivity index (χ0n) is 8.97. The molecule has 5 nitrogen and oxygen atoms in total. The Kier molecular flexibility index (Phi) is 3.10. The second-order valence-electron chi connectivity index (χ2n) is 3.40. The smallest absolute Gasteiger partial charge is 0.252 e. The van der Waals surface area contributed by atoms with Crippen LogP contribution in [0.3, 0.4) is 0 Å². The van der Waals surface area contributed by atoms with Crippen molar-refractivity contribution in [1.29, 1.82) is 5.26 Å². The molecule has 0 saturated carbocycles. The van der Waals surface area contributed by atoms with Gasteiger partial charge in [-0.3, -0.25) is 4.79 Å². The highest BCUT2D eigenvalue weighted by atomic mass is 19.1. The van der Waals surface area contributed by atoms with Crippen molar-refractivity contribution >= 4 is 5.78 Å². The Morgan fingerprint density at radius 3 is 2.61 bits per heavy atom. The standard InChI is InChI=1S/C11H6F2N4O/c12-7-2-1-3-8(13)11(7)9(18)5-17-6-15-10(4-14)16-17/h1-3,6H,5H2. The van der Waals surface area contributed by atoms with Gasteiger partial charge < -0.3 is 0 Å². The zero-order valence-corrected chi connectivity index (χ0v) is 8.97. The number of Topliss-reactive ketones (excluding diaryl/α,β-unsaturated/α-hetero) is 1. The van der Waals surface area contributed by atoms with Gasteiger partial charge in [0.1, 0.15) is 30.6 Å². The first-order valence-corrected chi connectivity index (χ1v) is 4.88. The third kappa shape index (κ3) is 2.22. The Hall–Kier alpha value is -2.62. The van der Waals surface area contributed by atoms with Crippen molar-refractivity contribution in [3.05, 3.63) is 47.5 Å². The van der Waals surface area contributed by atoms with Crippen LogP contribution in [0.2, 0.25) is 0 Å². The third-order valence-corrected chi connectivity index (χ3v) is 2.18. The maximum Gasteiger partial charge on any atom is 0.252 e. The summed E-state index contributed by atoms with van der Waals surface area (Å²) >= 11 is 0. The summed E-state index contributed by atoms with van der Waals surface area (Å²) < 4.78 is 27.7. The minimum atomic E-state index is -0.930. The van der Waals surface area contributed by atoms with Gasteiger partial charge in [0.05, 0.1) is 5.56 Å². The molecule has 90 valence electrons. The predicted octanol–water partition coefficient (Wildman–Crippen LogP) is 1.31. The second-order valence-corrected chi connectivity index (χ2v) is 3.40. The summed E-state index contributed by atoms with van der Waals surface area (Å²) in [6.45, 7) is -0.382. The average Bonchev–Trinajstić information content (AvgIpc) is 2.76. The Morgan fingerprint density at radius 2 is 2.06 bits per heavy atom. The number of nitrogens with zero attached hydrogens (tertiary/aromatic N) is 4. The summed E-state index contributed by atoms with van der Waals surface area (Å²) in [5.41, 5.74) is -0.619. The van der Waals surface area contributed by atoms with Gasteiger partial charge in [-0.15, -0.1) is 5.10 Å². The third-order valence-electron chi connectivity index (χ3n) is 2.18. The molecule has 0 radical (unpaired) electrons. The molecular weight excluding hydrogens is 242 g/mol. The predicted molar refractivity (Wildman–Crippen MR) is 55.4 cm³/mol. The molecule has 1 aromatic carbocycles. The topological polar surface area (TPSA) is 71.6 Å². The van der Waals surface area contributed by atoms with Gasteiger partial charge in [-0.05, 0) is 12.1 Å². The van der Waals surface area contributed by atoms with Crippen LogP contribution in [0, 0.1) is 23.0 Å². The van der Waals surface area contributed by atoms with Gasteiger partial charge in [-0.25, -0.2) is 18.4 Å². The fourth-order valence-corrected chi connectivity index (χ4v) is 1.41. The average molecular weight is 248 g/mol. The largest absolute Gasteiger partial charge is 0.292 e. The van der Waals surface area contributed by atoms with Gasteiger partial charge in [0.25, 0.3) is 5.82 Å². The van der Waals surface area contributed by atoms with E-state index < -0.39 is 23.0 Å². The summed E-state index contributed by atoms with van der Waals surface area (Å²) in [4.78, 5) is 15.3.